The average molecular weight is 443 g/mol. The van der Waals surface area contributed by atoms with E-state index in [2.05, 4.69) is 10.4 Å². The summed E-state index contributed by atoms with van der Waals surface area (Å²) >= 11 is 5.98. The number of benzene rings is 2. The van der Waals surface area contributed by atoms with E-state index in [0.717, 1.165) is 23.1 Å². The number of halogens is 1. The smallest absolute Gasteiger partial charge is 0.338 e. The first-order chi connectivity index (χ1) is 14.7. The molecule has 0 radical (unpaired) electrons. The molecule has 160 valence electrons. The number of hydrogen-bond acceptors (Lipinski definition) is 6. The predicted molar refractivity (Wildman–Crippen MR) is 115 cm³/mol. The molecule has 0 saturated carbocycles. The standard InChI is InChI=1S/C21H19ClN4O5/c1-12-10-13(2)25(24-12)16-6-4-15(5-7-16)21(28)31-14(3)20(27)23-19-11-17(26(29)30)8-9-18(19)22/h4-11,14H,1-3H3,(H,23,27). The molecule has 1 heterocycles. The molecule has 9 nitrogen and oxygen atoms in total. The molecule has 1 aromatic heterocycles. The molecule has 1 N–H and O–H groups in total. The van der Waals surface area contributed by atoms with Crippen LogP contribution < -0.4 is 5.32 Å². The highest BCUT2D eigenvalue weighted by Gasteiger charge is 2.21. The van der Waals surface area contributed by atoms with Crippen molar-refractivity contribution in [2.75, 3.05) is 5.32 Å². The van der Waals surface area contributed by atoms with Crippen LogP contribution in [0.4, 0.5) is 11.4 Å². The summed E-state index contributed by atoms with van der Waals surface area (Å²) in [7, 11) is 0. The maximum Gasteiger partial charge on any atom is 0.338 e. The summed E-state index contributed by atoms with van der Waals surface area (Å²) in [6.07, 6.45) is -1.15. The normalized spacial score (nSPS) is 11.6. The molecule has 0 saturated heterocycles. The minimum absolute atomic E-state index is 0.0537. The number of nitro benzene ring substituents is 1. The number of carbonyl (C=O) groups excluding carboxylic acids is 2. The summed E-state index contributed by atoms with van der Waals surface area (Å²) in [5.74, 6) is -1.36. The number of carbonyl (C=O) groups is 2. The second-order valence-corrected chi connectivity index (χ2v) is 7.25. The zero-order valence-corrected chi connectivity index (χ0v) is 17.7. The van der Waals surface area contributed by atoms with Crippen LogP contribution in [0.25, 0.3) is 5.69 Å². The Morgan fingerprint density at radius 1 is 1.16 bits per heavy atom. The van der Waals surface area contributed by atoms with Gasteiger partial charge in [0.05, 0.1) is 32.6 Å². The third-order valence-corrected chi connectivity index (χ3v) is 4.76. The highest BCUT2D eigenvalue weighted by Crippen LogP contribution is 2.27. The maximum atomic E-state index is 12.4. The molecule has 2 aromatic carbocycles. The fraction of sp³-hybridized carbons (Fsp3) is 0.190. The van der Waals surface area contributed by atoms with E-state index in [1.165, 1.54) is 19.1 Å². The molecule has 0 aliphatic carbocycles. The lowest BCUT2D eigenvalue weighted by atomic mass is 10.2. The van der Waals surface area contributed by atoms with Gasteiger partial charge in [0, 0.05) is 17.8 Å². The highest BCUT2D eigenvalue weighted by atomic mass is 35.5. The number of esters is 1. The van der Waals surface area contributed by atoms with Gasteiger partial charge in [-0.1, -0.05) is 11.6 Å². The van der Waals surface area contributed by atoms with E-state index in [1.807, 2.05) is 19.9 Å². The molecule has 1 amide bonds. The lowest BCUT2D eigenvalue weighted by molar-refractivity contribution is -0.384. The van der Waals surface area contributed by atoms with Gasteiger partial charge < -0.3 is 10.1 Å². The Labute approximate surface area is 182 Å². The van der Waals surface area contributed by atoms with Crippen molar-refractivity contribution in [2.45, 2.75) is 26.9 Å². The number of aromatic nitrogens is 2. The van der Waals surface area contributed by atoms with E-state index >= 15 is 0 Å². The Bertz CT molecular complexity index is 1160. The first-order valence-corrected chi connectivity index (χ1v) is 9.63. The van der Waals surface area contributed by atoms with Gasteiger partial charge in [-0.15, -0.1) is 0 Å². The van der Waals surface area contributed by atoms with Crippen LogP contribution in [0.5, 0.6) is 0 Å². The summed E-state index contributed by atoms with van der Waals surface area (Å²) < 4.78 is 6.96. The van der Waals surface area contributed by atoms with Crippen molar-refractivity contribution in [1.82, 2.24) is 9.78 Å². The van der Waals surface area contributed by atoms with Gasteiger partial charge in [-0.2, -0.15) is 5.10 Å². The van der Waals surface area contributed by atoms with Gasteiger partial charge in [-0.3, -0.25) is 14.9 Å². The topological polar surface area (TPSA) is 116 Å². The van der Waals surface area contributed by atoms with Crippen LogP contribution >= 0.6 is 11.6 Å². The molecular weight excluding hydrogens is 424 g/mol. The number of rotatable bonds is 6. The number of amides is 1. The third kappa shape index (κ3) is 5.07. The Kier molecular flexibility index (Phi) is 6.36. The van der Waals surface area contributed by atoms with Gasteiger partial charge in [0.1, 0.15) is 0 Å². The Balaban J connectivity index is 1.66. The van der Waals surface area contributed by atoms with Crippen molar-refractivity contribution >= 4 is 34.9 Å². The molecule has 0 fully saturated rings. The largest absolute Gasteiger partial charge is 0.449 e. The third-order valence-electron chi connectivity index (χ3n) is 4.43. The number of nitrogens with one attached hydrogen (secondary N) is 1. The van der Waals surface area contributed by atoms with Crippen LogP contribution in [0.2, 0.25) is 5.02 Å². The number of nitro groups is 1. The predicted octanol–water partition coefficient (Wildman–Crippen LogP) is 4.23. The molecule has 0 aliphatic heterocycles. The first-order valence-electron chi connectivity index (χ1n) is 9.25. The van der Waals surface area contributed by atoms with Crippen LogP contribution in [-0.2, 0) is 9.53 Å². The first kappa shape index (κ1) is 22.0. The number of nitrogens with zero attached hydrogens (tertiary/aromatic N) is 3. The Morgan fingerprint density at radius 3 is 2.42 bits per heavy atom. The van der Waals surface area contributed by atoms with Gasteiger partial charge in [0.25, 0.3) is 11.6 Å². The van der Waals surface area contributed by atoms with Crippen molar-refractivity contribution in [3.63, 3.8) is 0 Å². The molecule has 3 rings (SSSR count). The number of non-ortho nitro benzene ring substituents is 1. The van der Waals surface area contributed by atoms with E-state index in [9.17, 15) is 19.7 Å². The van der Waals surface area contributed by atoms with Crippen LogP contribution in [0, 0.1) is 24.0 Å². The van der Waals surface area contributed by atoms with E-state index in [1.54, 1.807) is 28.9 Å². The molecular formula is C21H19ClN4O5. The minimum Gasteiger partial charge on any atom is -0.449 e. The number of anilines is 1. The minimum atomic E-state index is -1.15. The second kappa shape index (κ2) is 8.97. The Morgan fingerprint density at radius 2 is 1.84 bits per heavy atom. The van der Waals surface area contributed by atoms with Crippen molar-refractivity contribution in [3.05, 3.63) is 80.6 Å². The molecule has 0 aliphatic rings. The summed E-state index contributed by atoms with van der Waals surface area (Å²) in [6.45, 7) is 5.21. The molecule has 10 heteroatoms. The molecule has 1 atom stereocenters. The molecule has 1 unspecified atom stereocenters. The van der Waals surface area contributed by atoms with Crippen LogP contribution in [-0.4, -0.2) is 32.7 Å². The zero-order valence-electron chi connectivity index (χ0n) is 17.0. The fourth-order valence-electron chi connectivity index (χ4n) is 2.87. The van der Waals surface area contributed by atoms with Gasteiger partial charge >= 0.3 is 5.97 Å². The van der Waals surface area contributed by atoms with Crippen LogP contribution in [0.3, 0.4) is 0 Å². The fourth-order valence-corrected chi connectivity index (χ4v) is 3.03. The van der Waals surface area contributed by atoms with Crippen molar-refractivity contribution in [1.29, 1.82) is 0 Å². The van der Waals surface area contributed by atoms with Crippen molar-refractivity contribution < 1.29 is 19.2 Å². The summed E-state index contributed by atoms with van der Waals surface area (Å²) in [4.78, 5) is 35.1. The van der Waals surface area contributed by atoms with Gasteiger partial charge in [-0.25, -0.2) is 9.48 Å². The quantitative estimate of drug-likeness (QED) is 0.347. The second-order valence-electron chi connectivity index (χ2n) is 6.84. The summed E-state index contributed by atoms with van der Waals surface area (Å²) in [5, 5.41) is 17.8. The van der Waals surface area contributed by atoms with Gasteiger partial charge in [-0.05, 0) is 57.2 Å². The lowest BCUT2D eigenvalue weighted by Gasteiger charge is -2.14. The SMILES string of the molecule is Cc1cc(C)n(-c2ccc(C(=O)OC(C)C(=O)Nc3cc([N+](=O)[O-])ccc3Cl)cc2)n1. The van der Waals surface area contributed by atoms with Crippen LogP contribution in [0.15, 0.2) is 48.5 Å². The van der Waals surface area contributed by atoms with E-state index in [-0.39, 0.29) is 22.0 Å². The maximum absolute atomic E-state index is 12.4. The molecule has 3 aromatic rings. The van der Waals surface area contributed by atoms with Crippen molar-refractivity contribution in [2.24, 2.45) is 0 Å². The summed E-state index contributed by atoms with van der Waals surface area (Å²) in [5.41, 5.74) is 2.71. The molecule has 0 bridgehead atoms. The lowest BCUT2D eigenvalue weighted by Crippen LogP contribution is -2.30. The molecule has 31 heavy (non-hydrogen) atoms. The van der Waals surface area contributed by atoms with Gasteiger partial charge in [0.15, 0.2) is 6.10 Å². The Hall–Kier alpha value is -3.72. The van der Waals surface area contributed by atoms with Crippen molar-refractivity contribution in [3.8, 4) is 5.69 Å². The van der Waals surface area contributed by atoms with E-state index < -0.39 is 22.9 Å². The number of ether oxygens (including phenoxy) is 1. The van der Waals surface area contributed by atoms with Crippen LogP contribution in [0.1, 0.15) is 28.7 Å². The van der Waals surface area contributed by atoms with Gasteiger partial charge in [0.2, 0.25) is 0 Å². The highest BCUT2D eigenvalue weighted by molar-refractivity contribution is 6.33. The molecule has 0 spiro atoms. The average Bonchev–Trinajstić information content (AvgIpc) is 3.07. The van der Waals surface area contributed by atoms with E-state index in [0.29, 0.717) is 0 Å². The monoisotopic (exact) mass is 442 g/mol. The van der Waals surface area contributed by atoms with E-state index in [4.69, 9.17) is 16.3 Å². The number of hydrogen-bond donors (Lipinski definition) is 1. The number of aryl methyl sites for hydroxylation is 2. The zero-order chi connectivity index (χ0) is 22.7. The summed E-state index contributed by atoms with van der Waals surface area (Å²) in [6, 6.07) is 12.2.